The Hall–Kier alpha value is -2.84. The van der Waals surface area contributed by atoms with Crippen LogP contribution in [0.5, 0.6) is 0 Å². The van der Waals surface area contributed by atoms with Gasteiger partial charge in [0.2, 0.25) is 6.08 Å². The second kappa shape index (κ2) is 5.03. The maximum absolute atomic E-state index is 13.9. The number of halogens is 1. The quantitative estimate of drug-likeness (QED) is 0.518. The third-order valence-electron chi connectivity index (χ3n) is 3.08. The first-order chi connectivity index (χ1) is 9.81. The fourth-order valence-corrected chi connectivity index (χ4v) is 2.21. The van der Waals surface area contributed by atoms with E-state index in [4.69, 9.17) is 0 Å². The molecule has 0 saturated heterocycles. The monoisotopic (exact) mass is 264 g/mol. The summed E-state index contributed by atoms with van der Waals surface area (Å²) in [7, 11) is 0. The van der Waals surface area contributed by atoms with Crippen LogP contribution >= 0.6 is 0 Å². The van der Waals surface area contributed by atoms with Gasteiger partial charge >= 0.3 is 0 Å². The van der Waals surface area contributed by atoms with Crippen LogP contribution < -0.4 is 0 Å². The molecule has 0 atom stereocenters. The van der Waals surface area contributed by atoms with Gasteiger partial charge in [-0.15, -0.1) is 0 Å². The molecule has 0 spiro atoms. The summed E-state index contributed by atoms with van der Waals surface area (Å²) in [5.41, 5.74) is 2.22. The van der Waals surface area contributed by atoms with E-state index in [0.717, 1.165) is 0 Å². The number of fused-ring (bicyclic) bond motifs is 1. The minimum absolute atomic E-state index is 0.314. The molecule has 1 aromatic heterocycles. The van der Waals surface area contributed by atoms with Crippen molar-refractivity contribution in [2.75, 3.05) is 0 Å². The van der Waals surface area contributed by atoms with E-state index in [1.54, 1.807) is 48.7 Å². The number of isocyanates is 1. The summed E-state index contributed by atoms with van der Waals surface area (Å²) in [5, 5.41) is 0.691. The number of aliphatic imine (C=N–C) groups is 1. The Bertz CT molecular complexity index is 839. The van der Waals surface area contributed by atoms with Gasteiger partial charge in [-0.1, -0.05) is 36.4 Å². The van der Waals surface area contributed by atoms with E-state index < -0.39 is 0 Å². The first kappa shape index (κ1) is 12.2. The lowest BCUT2D eigenvalue weighted by Gasteiger charge is -2.07. The molecule has 0 unspecified atom stereocenters. The third-order valence-corrected chi connectivity index (χ3v) is 3.08. The minimum Gasteiger partial charge on any atom is -0.255 e. The molecule has 0 radical (unpaired) electrons. The van der Waals surface area contributed by atoms with Gasteiger partial charge in [-0.3, -0.25) is 4.98 Å². The molecule has 3 rings (SSSR count). The van der Waals surface area contributed by atoms with E-state index in [0.29, 0.717) is 27.7 Å². The van der Waals surface area contributed by atoms with Gasteiger partial charge in [-0.25, -0.2) is 9.18 Å². The highest BCUT2D eigenvalue weighted by atomic mass is 19.1. The molecule has 0 aliphatic heterocycles. The van der Waals surface area contributed by atoms with Crippen molar-refractivity contribution in [3.8, 4) is 11.1 Å². The van der Waals surface area contributed by atoms with Crippen molar-refractivity contribution >= 4 is 22.7 Å². The molecule has 0 aliphatic rings. The lowest BCUT2D eigenvalue weighted by Crippen LogP contribution is -1.88. The van der Waals surface area contributed by atoms with E-state index in [1.807, 2.05) is 0 Å². The third kappa shape index (κ3) is 1.98. The lowest BCUT2D eigenvalue weighted by atomic mass is 10.0. The molecular weight excluding hydrogens is 255 g/mol. The van der Waals surface area contributed by atoms with E-state index >= 15 is 0 Å². The van der Waals surface area contributed by atoms with Crippen LogP contribution in [0.4, 0.5) is 10.1 Å². The fourth-order valence-electron chi connectivity index (χ4n) is 2.21. The number of para-hydroxylation sites is 1. The Morgan fingerprint density at radius 1 is 1.00 bits per heavy atom. The number of nitrogens with zero attached hydrogens (tertiary/aromatic N) is 2. The normalized spacial score (nSPS) is 10.2. The summed E-state index contributed by atoms with van der Waals surface area (Å²) in [6, 6.07) is 13.5. The van der Waals surface area contributed by atoms with E-state index in [2.05, 4.69) is 9.98 Å². The number of hydrogen-bond donors (Lipinski definition) is 0. The Morgan fingerprint density at radius 2 is 1.80 bits per heavy atom. The molecule has 3 nitrogen and oxygen atoms in total. The molecule has 2 aromatic carbocycles. The topological polar surface area (TPSA) is 42.3 Å². The molecule has 1 heterocycles. The molecule has 0 N–H and O–H groups in total. The average Bonchev–Trinajstić information content (AvgIpc) is 2.48. The molecule has 0 fully saturated rings. The van der Waals surface area contributed by atoms with Crippen molar-refractivity contribution in [3.63, 3.8) is 0 Å². The van der Waals surface area contributed by atoms with Gasteiger partial charge in [0.1, 0.15) is 5.82 Å². The summed E-state index contributed by atoms with van der Waals surface area (Å²) >= 11 is 0. The number of rotatable bonds is 2. The van der Waals surface area contributed by atoms with Crippen LogP contribution in [0.3, 0.4) is 0 Å². The van der Waals surface area contributed by atoms with Gasteiger partial charge in [0.25, 0.3) is 0 Å². The Morgan fingerprint density at radius 3 is 2.60 bits per heavy atom. The number of hydrogen-bond acceptors (Lipinski definition) is 3. The van der Waals surface area contributed by atoms with Gasteiger partial charge in [0.05, 0.1) is 11.2 Å². The van der Waals surface area contributed by atoms with Gasteiger partial charge < -0.3 is 0 Å². The number of aromatic nitrogens is 1. The number of benzene rings is 2. The summed E-state index contributed by atoms with van der Waals surface area (Å²) < 4.78 is 13.9. The summed E-state index contributed by atoms with van der Waals surface area (Å²) in [6.07, 6.45) is 3.06. The molecule has 3 aromatic rings. The van der Waals surface area contributed by atoms with Crippen molar-refractivity contribution in [2.45, 2.75) is 0 Å². The largest absolute Gasteiger partial charge is 0.255 e. The van der Waals surface area contributed by atoms with E-state index in [9.17, 15) is 9.18 Å². The molecule has 0 bridgehead atoms. The van der Waals surface area contributed by atoms with Gasteiger partial charge in [-0.05, 0) is 12.1 Å². The molecule has 20 heavy (non-hydrogen) atoms. The minimum atomic E-state index is -0.314. The van der Waals surface area contributed by atoms with Crippen molar-refractivity contribution in [3.05, 3.63) is 60.5 Å². The predicted octanol–water partition coefficient (Wildman–Crippen LogP) is 4.01. The second-order valence-electron chi connectivity index (χ2n) is 4.21. The van der Waals surface area contributed by atoms with Crippen LogP contribution in [0.15, 0.2) is 59.7 Å². The Balaban J connectivity index is 2.36. The number of pyridine rings is 1. The van der Waals surface area contributed by atoms with Crippen LogP contribution in [-0.2, 0) is 4.79 Å². The standard InChI is InChI=1S/C16H9FN2O/c17-14-7-2-1-4-11(14)12-5-3-6-13-15(19-10-20)8-9-18-16(12)13/h1-9H. The van der Waals surface area contributed by atoms with Crippen molar-refractivity contribution in [1.82, 2.24) is 4.98 Å². The first-order valence-electron chi connectivity index (χ1n) is 6.02. The van der Waals surface area contributed by atoms with Crippen LogP contribution in [0, 0.1) is 5.82 Å². The highest BCUT2D eigenvalue weighted by Gasteiger charge is 2.10. The van der Waals surface area contributed by atoms with Gasteiger partial charge in [-0.2, -0.15) is 4.99 Å². The SMILES string of the molecule is O=C=Nc1ccnc2c(-c3ccccc3F)cccc12. The van der Waals surface area contributed by atoms with Crippen LogP contribution in [-0.4, -0.2) is 11.1 Å². The zero-order valence-corrected chi connectivity index (χ0v) is 10.4. The molecule has 0 amide bonds. The van der Waals surface area contributed by atoms with Gasteiger partial charge in [0.15, 0.2) is 0 Å². The zero-order valence-electron chi connectivity index (χ0n) is 10.4. The zero-order chi connectivity index (χ0) is 13.9. The smallest absolute Gasteiger partial charge is 0.240 e. The fraction of sp³-hybridized carbons (Fsp3) is 0. The highest BCUT2D eigenvalue weighted by molar-refractivity contribution is 5.99. The Labute approximate surface area is 114 Å². The molecule has 0 saturated carbocycles. The molecule has 0 aliphatic carbocycles. The summed E-state index contributed by atoms with van der Waals surface area (Å²) in [6.45, 7) is 0. The van der Waals surface area contributed by atoms with Gasteiger partial charge in [0, 0.05) is 22.7 Å². The maximum atomic E-state index is 13.9. The van der Waals surface area contributed by atoms with Crippen LogP contribution in [0.25, 0.3) is 22.0 Å². The lowest BCUT2D eigenvalue weighted by molar-refractivity contribution is 0.565. The number of carbonyl (C=O) groups excluding carboxylic acids is 1. The molecular formula is C16H9FN2O. The van der Waals surface area contributed by atoms with Crippen molar-refractivity contribution in [1.29, 1.82) is 0 Å². The van der Waals surface area contributed by atoms with Crippen LogP contribution in [0.2, 0.25) is 0 Å². The van der Waals surface area contributed by atoms with E-state index in [-0.39, 0.29) is 5.82 Å². The summed E-state index contributed by atoms with van der Waals surface area (Å²) in [5.74, 6) is -0.314. The first-order valence-corrected chi connectivity index (χ1v) is 6.02. The maximum Gasteiger partial charge on any atom is 0.240 e. The highest BCUT2D eigenvalue weighted by Crippen LogP contribution is 2.32. The van der Waals surface area contributed by atoms with Crippen LogP contribution in [0.1, 0.15) is 0 Å². The Kier molecular flexibility index (Phi) is 3.07. The molecule has 96 valence electrons. The van der Waals surface area contributed by atoms with Crippen molar-refractivity contribution < 1.29 is 9.18 Å². The summed E-state index contributed by atoms with van der Waals surface area (Å²) in [4.78, 5) is 18.4. The van der Waals surface area contributed by atoms with Crippen molar-refractivity contribution in [2.24, 2.45) is 4.99 Å². The molecule has 4 heteroatoms. The average molecular weight is 264 g/mol. The predicted molar refractivity (Wildman–Crippen MR) is 74.9 cm³/mol. The van der Waals surface area contributed by atoms with E-state index in [1.165, 1.54) is 12.1 Å². The second-order valence-corrected chi connectivity index (χ2v) is 4.21.